The number of carbonyl (C=O) groups excluding carboxylic acids is 1. The summed E-state index contributed by atoms with van der Waals surface area (Å²) < 4.78 is 5.22. The predicted octanol–water partition coefficient (Wildman–Crippen LogP) is 1.71. The van der Waals surface area contributed by atoms with Crippen molar-refractivity contribution in [2.45, 2.75) is 33.3 Å². The summed E-state index contributed by atoms with van der Waals surface area (Å²) in [5.74, 6) is 1.62. The second kappa shape index (κ2) is 11.9. The van der Waals surface area contributed by atoms with Gasteiger partial charge in [0.25, 0.3) is 0 Å². The van der Waals surface area contributed by atoms with Crippen LogP contribution < -0.4 is 15.5 Å². The molecule has 0 aromatic carbocycles. The summed E-state index contributed by atoms with van der Waals surface area (Å²) in [5.41, 5.74) is -0.496. The van der Waals surface area contributed by atoms with Gasteiger partial charge in [0.2, 0.25) is 5.95 Å². The Balaban J connectivity index is 0.00000392. The Hall–Kier alpha value is -1.85. The molecular formula is C18H32IN7O2. The number of nitrogens with zero attached hydrogens (tertiary/aromatic N) is 5. The van der Waals surface area contributed by atoms with Crippen molar-refractivity contribution in [3.8, 4) is 0 Å². The van der Waals surface area contributed by atoms with Crippen LogP contribution >= 0.6 is 24.0 Å². The van der Waals surface area contributed by atoms with Crippen LogP contribution in [-0.4, -0.2) is 78.3 Å². The lowest BCUT2D eigenvalue weighted by atomic mass is 10.2. The molecule has 1 aliphatic heterocycles. The van der Waals surface area contributed by atoms with Crippen LogP contribution in [-0.2, 0) is 4.74 Å². The Morgan fingerprint density at radius 1 is 1.18 bits per heavy atom. The van der Waals surface area contributed by atoms with Crippen LogP contribution in [0, 0.1) is 0 Å². The predicted molar refractivity (Wildman–Crippen MR) is 121 cm³/mol. The van der Waals surface area contributed by atoms with E-state index in [9.17, 15) is 4.79 Å². The van der Waals surface area contributed by atoms with Crippen molar-refractivity contribution in [2.75, 3.05) is 50.7 Å². The second-order valence-electron chi connectivity index (χ2n) is 7.19. The van der Waals surface area contributed by atoms with Crippen molar-refractivity contribution in [3.63, 3.8) is 0 Å². The minimum atomic E-state index is -0.496. The zero-order chi connectivity index (χ0) is 19.7. The summed E-state index contributed by atoms with van der Waals surface area (Å²) in [5, 5.41) is 6.04. The highest BCUT2D eigenvalue weighted by Gasteiger charge is 2.21. The number of hydrogen-bond acceptors (Lipinski definition) is 6. The molecule has 2 heterocycles. The molecule has 10 heteroatoms. The van der Waals surface area contributed by atoms with Crippen LogP contribution in [0.15, 0.2) is 23.5 Å². The summed E-state index contributed by atoms with van der Waals surface area (Å²) in [6.07, 6.45) is 3.11. The Bertz CT molecular complexity index is 614. The van der Waals surface area contributed by atoms with Crippen molar-refractivity contribution < 1.29 is 9.53 Å². The number of aromatic nitrogens is 2. The molecule has 28 heavy (non-hydrogen) atoms. The van der Waals surface area contributed by atoms with E-state index in [1.807, 2.05) is 33.8 Å². The first-order valence-electron chi connectivity index (χ1n) is 9.41. The van der Waals surface area contributed by atoms with Crippen molar-refractivity contribution in [1.29, 1.82) is 0 Å². The number of ether oxygens (including phenoxy) is 1. The van der Waals surface area contributed by atoms with Crippen molar-refractivity contribution in [2.24, 2.45) is 4.99 Å². The quantitative estimate of drug-likeness (QED) is 0.272. The molecule has 1 fully saturated rings. The van der Waals surface area contributed by atoms with Gasteiger partial charge in [-0.2, -0.15) is 0 Å². The highest BCUT2D eigenvalue weighted by atomic mass is 127. The number of piperazine rings is 1. The van der Waals surface area contributed by atoms with Gasteiger partial charge in [-0.05, 0) is 33.8 Å². The van der Waals surface area contributed by atoms with Crippen LogP contribution in [0.25, 0.3) is 0 Å². The summed E-state index contributed by atoms with van der Waals surface area (Å²) in [6, 6.07) is 1.82. The standard InChI is InChI=1S/C18H31N7O2.HI/c1-5-19-15(22-9-10-23-17(26)27-18(2,3)4)24-11-13-25(14-12-24)16-20-7-6-8-21-16;/h6-8H,5,9-14H2,1-4H3,(H,19,22)(H,23,26);1H. The largest absolute Gasteiger partial charge is 0.444 e. The average molecular weight is 505 g/mol. The number of carbonyl (C=O) groups is 1. The molecule has 9 nitrogen and oxygen atoms in total. The molecule has 0 unspecified atom stereocenters. The molecule has 0 bridgehead atoms. The first-order chi connectivity index (χ1) is 12.9. The number of guanidine groups is 1. The zero-order valence-electron chi connectivity index (χ0n) is 17.1. The summed E-state index contributed by atoms with van der Waals surface area (Å²) >= 11 is 0. The van der Waals surface area contributed by atoms with E-state index < -0.39 is 11.7 Å². The average Bonchev–Trinajstić information content (AvgIpc) is 2.64. The minimum Gasteiger partial charge on any atom is -0.444 e. The maximum absolute atomic E-state index is 11.7. The van der Waals surface area contributed by atoms with Gasteiger partial charge in [0.05, 0.1) is 6.54 Å². The van der Waals surface area contributed by atoms with Crippen LogP contribution in [0.2, 0.25) is 0 Å². The van der Waals surface area contributed by atoms with Gasteiger partial charge < -0.3 is 25.2 Å². The normalized spacial score (nSPS) is 14.9. The van der Waals surface area contributed by atoms with Crippen LogP contribution in [0.4, 0.5) is 10.7 Å². The van der Waals surface area contributed by atoms with Gasteiger partial charge in [-0.3, -0.25) is 4.99 Å². The van der Waals surface area contributed by atoms with Gasteiger partial charge in [-0.15, -0.1) is 24.0 Å². The van der Waals surface area contributed by atoms with Gasteiger partial charge in [0.1, 0.15) is 5.60 Å². The SMILES string of the molecule is CCNC(=NCCNC(=O)OC(C)(C)C)N1CCN(c2ncccn2)CC1.I. The monoisotopic (exact) mass is 505 g/mol. The fraction of sp³-hybridized carbons (Fsp3) is 0.667. The zero-order valence-corrected chi connectivity index (χ0v) is 19.5. The molecule has 0 saturated carbocycles. The number of aliphatic imine (C=N–C) groups is 1. The molecule has 0 atom stereocenters. The molecule has 1 saturated heterocycles. The van der Waals surface area contributed by atoms with E-state index in [0.29, 0.717) is 13.1 Å². The van der Waals surface area contributed by atoms with Gasteiger partial charge in [-0.25, -0.2) is 14.8 Å². The van der Waals surface area contributed by atoms with Crippen molar-refractivity contribution in [1.82, 2.24) is 25.5 Å². The Morgan fingerprint density at radius 3 is 2.39 bits per heavy atom. The third-order valence-corrected chi connectivity index (χ3v) is 3.79. The van der Waals surface area contributed by atoms with E-state index in [1.54, 1.807) is 12.4 Å². The topological polar surface area (TPSA) is 95.0 Å². The highest BCUT2D eigenvalue weighted by Crippen LogP contribution is 2.10. The molecule has 1 aromatic rings. The van der Waals surface area contributed by atoms with Crippen LogP contribution in [0.1, 0.15) is 27.7 Å². The Morgan fingerprint density at radius 2 is 1.82 bits per heavy atom. The molecule has 158 valence electrons. The number of nitrogens with one attached hydrogen (secondary N) is 2. The number of amides is 1. The van der Waals surface area contributed by atoms with E-state index in [4.69, 9.17) is 4.74 Å². The summed E-state index contributed by atoms with van der Waals surface area (Å²) in [4.78, 5) is 29.3. The van der Waals surface area contributed by atoms with E-state index >= 15 is 0 Å². The van der Waals surface area contributed by atoms with E-state index in [0.717, 1.165) is 44.6 Å². The second-order valence-corrected chi connectivity index (χ2v) is 7.19. The fourth-order valence-corrected chi connectivity index (χ4v) is 2.63. The third-order valence-electron chi connectivity index (χ3n) is 3.79. The highest BCUT2D eigenvalue weighted by molar-refractivity contribution is 14.0. The number of rotatable bonds is 5. The van der Waals surface area contributed by atoms with Gasteiger partial charge in [-0.1, -0.05) is 0 Å². The Labute approximate surface area is 184 Å². The molecular weight excluding hydrogens is 473 g/mol. The smallest absolute Gasteiger partial charge is 0.407 e. The number of alkyl carbamates (subject to hydrolysis) is 1. The molecule has 0 radical (unpaired) electrons. The van der Waals surface area contributed by atoms with E-state index in [1.165, 1.54) is 0 Å². The van der Waals surface area contributed by atoms with Gasteiger partial charge >= 0.3 is 6.09 Å². The van der Waals surface area contributed by atoms with Gasteiger partial charge in [0, 0.05) is 51.7 Å². The van der Waals surface area contributed by atoms with Crippen LogP contribution in [0.5, 0.6) is 0 Å². The molecule has 1 aromatic heterocycles. The van der Waals surface area contributed by atoms with Crippen LogP contribution in [0.3, 0.4) is 0 Å². The van der Waals surface area contributed by atoms with Crippen molar-refractivity contribution in [3.05, 3.63) is 18.5 Å². The lowest BCUT2D eigenvalue weighted by Crippen LogP contribution is -2.53. The maximum atomic E-state index is 11.7. The molecule has 1 aliphatic rings. The van der Waals surface area contributed by atoms with E-state index in [2.05, 4.69) is 35.4 Å². The maximum Gasteiger partial charge on any atom is 0.407 e. The summed E-state index contributed by atoms with van der Waals surface area (Å²) in [7, 11) is 0. The molecule has 0 aliphatic carbocycles. The van der Waals surface area contributed by atoms with E-state index in [-0.39, 0.29) is 24.0 Å². The fourth-order valence-electron chi connectivity index (χ4n) is 2.63. The lowest BCUT2D eigenvalue weighted by molar-refractivity contribution is 0.0529. The van der Waals surface area contributed by atoms with Gasteiger partial charge in [0.15, 0.2) is 5.96 Å². The molecule has 0 spiro atoms. The first-order valence-corrected chi connectivity index (χ1v) is 9.41. The molecule has 2 rings (SSSR count). The molecule has 1 amide bonds. The number of anilines is 1. The summed E-state index contributed by atoms with van der Waals surface area (Å²) in [6.45, 7) is 12.6. The Kier molecular flexibility index (Phi) is 10.3. The molecule has 2 N–H and O–H groups in total. The third kappa shape index (κ3) is 8.44. The van der Waals surface area contributed by atoms with Crippen molar-refractivity contribution >= 4 is 42.0 Å². The lowest BCUT2D eigenvalue weighted by Gasteiger charge is -2.36. The first kappa shape index (κ1) is 24.2. The number of halogens is 1. The number of hydrogen-bond donors (Lipinski definition) is 2. The minimum absolute atomic E-state index is 0.